The molecular weight excluding hydrogens is 210 g/mol. The zero-order valence-electron chi connectivity index (χ0n) is 9.82. The maximum absolute atomic E-state index is 6.29. The minimum atomic E-state index is 0.590. The van der Waals surface area contributed by atoms with Crippen LogP contribution in [0.25, 0.3) is 5.57 Å². The fraction of sp³-hybridized carbons (Fsp3) is 0.286. The molecule has 2 aliphatic rings. The van der Waals surface area contributed by atoms with Gasteiger partial charge in [-0.25, -0.2) is 0 Å². The average Bonchev–Trinajstić information content (AvgIpc) is 2.80. The quantitative estimate of drug-likeness (QED) is 0.614. The maximum Gasteiger partial charge on any atom is 0.205 e. The van der Waals surface area contributed by atoms with Gasteiger partial charge in [0.25, 0.3) is 0 Å². The van der Waals surface area contributed by atoms with Crippen molar-refractivity contribution < 1.29 is 4.90 Å². The van der Waals surface area contributed by atoms with Crippen molar-refractivity contribution >= 4 is 11.3 Å². The van der Waals surface area contributed by atoms with E-state index in [4.69, 9.17) is 11.5 Å². The predicted octanol–water partition coefficient (Wildman–Crippen LogP) is 0.513. The Labute approximate surface area is 101 Å². The van der Waals surface area contributed by atoms with Gasteiger partial charge in [-0.2, -0.15) is 0 Å². The molecule has 0 saturated carbocycles. The van der Waals surface area contributed by atoms with Crippen LogP contribution in [0.1, 0.15) is 18.4 Å². The molecule has 1 aromatic carbocycles. The summed E-state index contributed by atoms with van der Waals surface area (Å²) in [5.41, 5.74) is 15.1. The first-order valence-corrected chi connectivity index (χ1v) is 6.15. The van der Waals surface area contributed by atoms with Gasteiger partial charge < -0.3 is 11.5 Å². The average molecular weight is 228 g/mol. The Morgan fingerprint density at radius 1 is 1.12 bits per heavy atom. The van der Waals surface area contributed by atoms with Crippen LogP contribution in [-0.4, -0.2) is 12.6 Å². The van der Waals surface area contributed by atoms with E-state index in [1.165, 1.54) is 17.7 Å². The highest BCUT2D eigenvalue weighted by Crippen LogP contribution is 2.21. The Morgan fingerprint density at radius 3 is 2.65 bits per heavy atom. The largest absolute Gasteiger partial charge is 0.399 e. The van der Waals surface area contributed by atoms with E-state index in [-0.39, 0.29) is 0 Å². The third-order valence-corrected chi connectivity index (χ3v) is 3.76. The van der Waals surface area contributed by atoms with E-state index >= 15 is 0 Å². The first kappa shape index (κ1) is 10.4. The zero-order chi connectivity index (χ0) is 11.8. The summed E-state index contributed by atoms with van der Waals surface area (Å²) in [5, 5.41) is 0. The lowest BCUT2D eigenvalue weighted by molar-refractivity contribution is -0.867. The maximum atomic E-state index is 6.29. The topological polar surface area (TPSA) is 56.5 Å². The monoisotopic (exact) mass is 228 g/mol. The molecule has 1 aromatic rings. The van der Waals surface area contributed by atoms with Crippen LogP contribution in [0.5, 0.6) is 0 Å². The highest BCUT2D eigenvalue weighted by Gasteiger charge is 2.32. The molecule has 0 aromatic heterocycles. The van der Waals surface area contributed by atoms with E-state index in [1.807, 2.05) is 24.3 Å². The van der Waals surface area contributed by atoms with Crippen LogP contribution in [-0.2, 0) is 0 Å². The molecule has 3 rings (SSSR count). The summed E-state index contributed by atoms with van der Waals surface area (Å²) in [4.78, 5) is 1.43. The molecule has 2 aliphatic heterocycles. The summed E-state index contributed by atoms with van der Waals surface area (Å²) in [6, 6.07) is 8.52. The number of quaternary nitrogens is 1. The second-order valence-electron chi connectivity index (χ2n) is 4.83. The Bertz CT molecular complexity index is 485. The van der Waals surface area contributed by atoms with Gasteiger partial charge in [-0.3, -0.25) is 4.90 Å². The second kappa shape index (κ2) is 3.93. The summed E-state index contributed by atoms with van der Waals surface area (Å²) < 4.78 is 0. The lowest BCUT2D eigenvalue weighted by atomic mass is 10.0. The molecule has 2 atom stereocenters. The third kappa shape index (κ3) is 1.72. The fourth-order valence-corrected chi connectivity index (χ4v) is 2.81. The Hall–Kier alpha value is -1.74. The number of rotatable bonds is 1. The minimum absolute atomic E-state index is 0.590. The number of fused-ring (bicyclic) bond motifs is 1. The van der Waals surface area contributed by atoms with E-state index in [9.17, 15) is 0 Å². The van der Waals surface area contributed by atoms with E-state index in [2.05, 4.69) is 12.2 Å². The number of hydrogen-bond acceptors (Lipinski definition) is 2. The molecule has 2 unspecified atom stereocenters. The zero-order valence-corrected chi connectivity index (χ0v) is 9.82. The smallest absolute Gasteiger partial charge is 0.205 e. The third-order valence-electron chi connectivity index (χ3n) is 3.76. The number of benzene rings is 1. The van der Waals surface area contributed by atoms with E-state index < -0.39 is 0 Å². The normalized spacial score (nSPS) is 27.3. The van der Waals surface area contributed by atoms with Crippen molar-refractivity contribution in [2.45, 2.75) is 18.9 Å². The number of allylic oxidation sites excluding steroid dienone is 2. The molecule has 17 heavy (non-hydrogen) atoms. The molecule has 0 spiro atoms. The van der Waals surface area contributed by atoms with Crippen molar-refractivity contribution in [3.8, 4) is 0 Å². The molecule has 3 heteroatoms. The standard InChI is InChI=1S/C14H17N3/c15-11-5-3-10(4-6-11)13-8-7-12-2-1-9-17(12)14(13)16/h3-8,12H,1-2,9,15-16H2/p+1. The summed E-state index contributed by atoms with van der Waals surface area (Å²) in [6.07, 6.45) is 6.98. The fourth-order valence-electron chi connectivity index (χ4n) is 2.81. The molecule has 5 N–H and O–H groups in total. The molecule has 88 valence electrons. The number of nitrogen functional groups attached to an aromatic ring is 1. The van der Waals surface area contributed by atoms with Gasteiger partial charge in [0, 0.05) is 18.5 Å². The van der Waals surface area contributed by atoms with Crippen LogP contribution in [0.2, 0.25) is 0 Å². The number of nitrogens with one attached hydrogen (secondary N) is 1. The highest BCUT2D eigenvalue weighted by molar-refractivity contribution is 5.76. The van der Waals surface area contributed by atoms with Crippen LogP contribution in [0.3, 0.4) is 0 Å². The molecule has 2 heterocycles. The highest BCUT2D eigenvalue weighted by atomic mass is 15.2. The van der Waals surface area contributed by atoms with Crippen LogP contribution < -0.4 is 16.4 Å². The van der Waals surface area contributed by atoms with Gasteiger partial charge in [0.1, 0.15) is 6.04 Å². The molecule has 1 saturated heterocycles. The molecule has 0 aliphatic carbocycles. The molecule has 0 bridgehead atoms. The minimum Gasteiger partial charge on any atom is -0.399 e. The predicted molar refractivity (Wildman–Crippen MR) is 70.0 cm³/mol. The van der Waals surface area contributed by atoms with Crippen molar-refractivity contribution in [2.24, 2.45) is 5.73 Å². The van der Waals surface area contributed by atoms with Crippen molar-refractivity contribution in [2.75, 3.05) is 12.3 Å². The Morgan fingerprint density at radius 2 is 1.88 bits per heavy atom. The molecular formula is C14H18N3+. The number of anilines is 1. The Kier molecular flexibility index (Phi) is 2.41. The van der Waals surface area contributed by atoms with Gasteiger partial charge in [0.2, 0.25) is 5.82 Å². The first-order valence-electron chi connectivity index (χ1n) is 6.15. The van der Waals surface area contributed by atoms with Gasteiger partial charge in [0.05, 0.1) is 12.1 Å². The molecule has 3 nitrogen and oxygen atoms in total. The second-order valence-corrected chi connectivity index (χ2v) is 4.83. The van der Waals surface area contributed by atoms with Crippen molar-refractivity contribution in [3.63, 3.8) is 0 Å². The molecule has 1 fully saturated rings. The van der Waals surface area contributed by atoms with Crippen LogP contribution in [0, 0.1) is 0 Å². The van der Waals surface area contributed by atoms with Crippen molar-refractivity contribution in [3.05, 3.63) is 47.8 Å². The summed E-state index contributed by atoms with van der Waals surface area (Å²) in [6.45, 7) is 1.15. The first-order chi connectivity index (χ1) is 8.25. The van der Waals surface area contributed by atoms with Crippen molar-refractivity contribution in [1.82, 2.24) is 0 Å². The SMILES string of the molecule is NC1=C(c2ccc(N)cc2)C=CC2CCC[NH+]12. The van der Waals surface area contributed by atoms with E-state index in [0.29, 0.717) is 6.04 Å². The summed E-state index contributed by atoms with van der Waals surface area (Å²) in [5.74, 6) is 0.986. The number of nitrogens with two attached hydrogens (primary N) is 2. The number of hydrogen-bond donors (Lipinski definition) is 3. The van der Waals surface area contributed by atoms with E-state index in [0.717, 1.165) is 29.2 Å². The van der Waals surface area contributed by atoms with Gasteiger partial charge in [-0.05, 0) is 29.8 Å². The van der Waals surface area contributed by atoms with Crippen LogP contribution in [0.15, 0.2) is 42.2 Å². The van der Waals surface area contributed by atoms with Gasteiger partial charge in [-0.15, -0.1) is 0 Å². The van der Waals surface area contributed by atoms with Crippen LogP contribution >= 0.6 is 0 Å². The lowest BCUT2D eigenvalue weighted by Gasteiger charge is -2.24. The van der Waals surface area contributed by atoms with Gasteiger partial charge >= 0.3 is 0 Å². The van der Waals surface area contributed by atoms with E-state index in [1.54, 1.807) is 0 Å². The molecule has 0 radical (unpaired) electrons. The summed E-state index contributed by atoms with van der Waals surface area (Å²) in [7, 11) is 0. The van der Waals surface area contributed by atoms with Crippen molar-refractivity contribution in [1.29, 1.82) is 0 Å². The summed E-state index contributed by atoms with van der Waals surface area (Å²) >= 11 is 0. The van der Waals surface area contributed by atoms with Gasteiger partial charge in [-0.1, -0.05) is 12.1 Å². The van der Waals surface area contributed by atoms with Gasteiger partial charge in [0.15, 0.2) is 0 Å². The van der Waals surface area contributed by atoms with Crippen LogP contribution in [0.4, 0.5) is 5.69 Å². The Balaban J connectivity index is 2.00. The lowest BCUT2D eigenvalue weighted by Crippen LogP contribution is -3.13. The molecule has 0 amide bonds.